The van der Waals surface area contributed by atoms with Crippen molar-refractivity contribution in [2.75, 3.05) is 19.7 Å². The van der Waals surface area contributed by atoms with Crippen molar-refractivity contribution in [1.29, 1.82) is 0 Å². The molecule has 0 spiro atoms. The summed E-state index contributed by atoms with van der Waals surface area (Å²) in [6, 6.07) is 0.0340. The zero-order chi connectivity index (χ0) is 19.4. The number of rotatable bonds is 7. The van der Waals surface area contributed by atoms with Crippen molar-refractivity contribution in [3.63, 3.8) is 0 Å². The maximum Gasteiger partial charge on any atom is 0.309 e. The van der Waals surface area contributed by atoms with Crippen LogP contribution >= 0.6 is 0 Å². The molecular weight excluding hydrogens is 352 g/mol. The summed E-state index contributed by atoms with van der Waals surface area (Å²) in [5.41, 5.74) is 0.332. The van der Waals surface area contributed by atoms with Crippen LogP contribution in [0.25, 0.3) is 0 Å². The predicted octanol–water partition coefficient (Wildman–Crippen LogP) is 3.09. The van der Waals surface area contributed by atoms with E-state index in [-0.39, 0.29) is 17.9 Å². The first kappa shape index (κ1) is 21.6. The predicted molar refractivity (Wildman–Crippen MR) is 103 cm³/mol. The third-order valence-corrected chi connectivity index (χ3v) is 8.15. The molecular formula is C19H36N2O4S. The van der Waals surface area contributed by atoms with E-state index in [2.05, 4.69) is 25.5 Å². The Morgan fingerprint density at radius 3 is 2.15 bits per heavy atom. The van der Waals surface area contributed by atoms with Crippen LogP contribution in [-0.2, 0) is 19.7 Å². The molecule has 2 aliphatic rings. The van der Waals surface area contributed by atoms with Gasteiger partial charge in [-0.25, -0.2) is 0 Å². The highest BCUT2D eigenvalue weighted by atomic mass is 32.2. The van der Waals surface area contributed by atoms with Crippen LogP contribution in [0.15, 0.2) is 0 Å². The van der Waals surface area contributed by atoms with Crippen LogP contribution in [0.2, 0.25) is 0 Å². The smallest absolute Gasteiger partial charge is 0.309 e. The molecule has 152 valence electrons. The number of piperidine rings is 1. The number of carbonyl (C=O) groups is 1. The minimum atomic E-state index is -3.47. The van der Waals surface area contributed by atoms with Gasteiger partial charge in [0.2, 0.25) is 0 Å². The lowest BCUT2D eigenvalue weighted by Gasteiger charge is -2.39. The van der Waals surface area contributed by atoms with Crippen molar-refractivity contribution in [1.82, 2.24) is 9.03 Å². The molecule has 6 nitrogen and oxygen atoms in total. The molecule has 0 unspecified atom stereocenters. The lowest BCUT2D eigenvalue weighted by atomic mass is 9.69. The molecule has 1 aliphatic heterocycles. The Balaban J connectivity index is 1.82. The van der Waals surface area contributed by atoms with E-state index in [9.17, 15) is 13.2 Å². The van der Waals surface area contributed by atoms with Crippen LogP contribution < -0.4 is 4.72 Å². The number of hydrogen-bond acceptors (Lipinski definition) is 4. The van der Waals surface area contributed by atoms with Gasteiger partial charge in [-0.3, -0.25) is 4.79 Å². The Bertz CT molecular complexity index is 560. The van der Waals surface area contributed by atoms with Gasteiger partial charge in [0, 0.05) is 19.1 Å². The zero-order valence-corrected chi connectivity index (χ0v) is 17.6. The second-order valence-electron chi connectivity index (χ2n) is 8.44. The summed E-state index contributed by atoms with van der Waals surface area (Å²) in [4.78, 5) is 11.8. The van der Waals surface area contributed by atoms with Crippen LogP contribution in [0.1, 0.15) is 72.6 Å². The highest BCUT2D eigenvalue weighted by molar-refractivity contribution is 7.87. The summed E-state index contributed by atoms with van der Waals surface area (Å²) in [5.74, 6) is 0.302. The number of nitrogens with one attached hydrogen (secondary N) is 1. The van der Waals surface area contributed by atoms with Gasteiger partial charge in [-0.05, 0) is 56.8 Å². The molecule has 26 heavy (non-hydrogen) atoms. The number of hydrogen-bond donors (Lipinski definition) is 1. The lowest BCUT2D eigenvalue weighted by Crippen LogP contribution is -2.50. The first-order valence-corrected chi connectivity index (χ1v) is 11.6. The molecule has 0 aromatic rings. The number of carbonyl (C=O) groups excluding carboxylic acids is 1. The summed E-state index contributed by atoms with van der Waals surface area (Å²) in [7, 11) is -3.47. The summed E-state index contributed by atoms with van der Waals surface area (Å²) in [6.07, 6.45) is 6.22. The second kappa shape index (κ2) is 9.02. The highest BCUT2D eigenvalue weighted by Gasteiger charge is 2.36. The van der Waals surface area contributed by atoms with E-state index in [4.69, 9.17) is 4.74 Å². The summed E-state index contributed by atoms with van der Waals surface area (Å²) < 4.78 is 34.8. The molecule has 1 saturated carbocycles. The monoisotopic (exact) mass is 388 g/mol. The normalized spacial score (nSPS) is 26.6. The van der Waals surface area contributed by atoms with Crippen molar-refractivity contribution >= 4 is 16.2 Å². The Morgan fingerprint density at radius 1 is 1.08 bits per heavy atom. The molecule has 7 heteroatoms. The van der Waals surface area contributed by atoms with E-state index >= 15 is 0 Å². The lowest BCUT2D eigenvalue weighted by molar-refractivity contribution is -0.149. The molecule has 0 aromatic carbocycles. The molecule has 1 heterocycles. The SMILES string of the molecule is CCOC(=O)C1CCN(S(=O)(=O)NC2CCC(C(C)(C)CC)CC2)CC1. The Labute approximate surface area is 159 Å². The highest BCUT2D eigenvalue weighted by Crippen LogP contribution is 2.40. The molecule has 0 atom stereocenters. The van der Waals surface area contributed by atoms with Crippen LogP contribution in [0.5, 0.6) is 0 Å². The fraction of sp³-hybridized carbons (Fsp3) is 0.947. The average molecular weight is 389 g/mol. The van der Waals surface area contributed by atoms with Gasteiger partial charge in [-0.15, -0.1) is 0 Å². The quantitative estimate of drug-likeness (QED) is 0.680. The van der Waals surface area contributed by atoms with E-state index in [0.29, 0.717) is 43.9 Å². The molecule has 1 N–H and O–H groups in total. The van der Waals surface area contributed by atoms with Crippen LogP contribution in [-0.4, -0.2) is 44.4 Å². The molecule has 0 aromatic heterocycles. The standard InChI is InChI=1S/C19H36N2O4S/c1-5-19(3,4)16-7-9-17(10-8-16)20-26(23,24)21-13-11-15(12-14-21)18(22)25-6-2/h15-17,20H,5-14H2,1-4H3. The minimum absolute atomic E-state index is 0.0340. The van der Waals surface area contributed by atoms with Gasteiger partial charge in [0.15, 0.2) is 0 Å². The van der Waals surface area contributed by atoms with Gasteiger partial charge >= 0.3 is 5.97 Å². The summed E-state index contributed by atoms with van der Waals surface area (Å²) in [6.45, 7) is 9.79. The molecule has 2 rings (SSSR count). The van der Waals surface area contributed by atoms with Crippen molar-refractivity contribution in [3.05, 3.63) is 0 Å². The summed E-state index contributed by atoms with van der Waals surface area (Å²) >= 11 is 0. The fourth-order valence-electron chi connectivity index (χ4n) is 4.16. The first-order chi connectivity index (χ1) is 12.2. The van der Waals surface area contributed by atoms with Crippen molar-refractivity contribution in [3.8, 4) is 0 Å². The fourth-order valence-corrected chi connectivity index (χ4v) is 5.66. The van der Waals surface area contributed by atoms with E-state index < -0.39 is 10.2 Å². The van der Waals surface area contributed by atoms with Crippen LogP contribution in [0.3, 0.4) is 0 Å². The third kappa shape index (κ3) is 5.42. The largest absolute Gasteiger partial charge is 0.466 e. The second-order valence-corrected chi connectivity index (χ2v) is 10.1. The Morgan fingerprint density at radius 2 is 1.65 bits per heavy atom. The van der Waals surface area contributed by atoms with E-state index in [1.165, 1.54) is 4.31 Å². The summed E-state index contributed by atoms with van der Waals surface area (Å²) in [5, 5.41) is 0. The van der Waals surface area contributed by atoms with E-state index in [0.717, 1.165) is 32.1 Å². The molecule has 1 saturated heterocycles. The van der Waals surface area contributed by atoms with Crippen molar-refractivity contribution in [2.24, 2.45) is 17.3 Å². The number of esters is 1. The van der Waals surface area contributed by atoms with E-state index in [1.54, 1.807) is 6.92 Å². The maximum absolute atomic E-state index is 12.7. The van der Waals surface area contributed by atoms with Gasteiger partial charge in [0.1, 0.15) is 0 Å². The third-order valence-electron chi connectivity index (χ3n) is 6.47. The van der Waals surface area contributed by atoms with Gasteiger partial charge in [-0.2, -0.15) is 17.4 Å². The molecule has 1 aliphatic carbocycles. The number of nitrogens with zero attached hydrogens (tertiary/aromatic N) is 1. The molecule has 2 fully saturated rings. The van der Waals surface area contributed by atoms with E-state index in [1.807, 2.05) is 0 Å². The van der Waals surface area contributed by atoms with Crippen LogP contribution in [0, 0.1) is 17.3 Å². The van der Waals surface area contributed by atoms with Gasteiger partial charge < -0.3 is 4.74 Å². The molecule has 0 bridgehead atoms. The van der Waals surface area contributed by atoms with Gasteiger partial charge in [0.05, 0.1) is 12.5 Å². The molecule has 0 radical (unpaired) electrons. The Hall–Kier alpha value is -0.660. The first-order valence-electron chi connectivity index (χ1n) is 10.1. The maximum atomic E-state index is 12.7. The molecule has 0 amide bonds. The van der Waals surface area contributed by atoms with Gasteiger partial charge in [-0.1, -0.05) is 27.2 Å². The average Bonchev–Trinajstić information content (AvgIpc) is 2.62. The van der Waals surface area contributed by atoms with Crippen molar-refractivity contribution in [2.45, 2.75) is 78.7 Å². The van der Waals surface area contributed by atoms with Crippen LogP contribution in [0.4, 0.5) is 0 Å². The van der Waals surface area contributed by atoms with Gasteiger partial charge in [0.25, 0.3) is 10.2 Å². The zero-order valence-electron chi connectivity index (χ0n) is 16.8. The Kier molecular flexibility index (Phi) is 7.51. The van der Waals surface area contributed by atoms with Crippen molar-refractivity contribution < 1.29 is 17.9 Å². The minimum Gasteiger partial charge on any atom is -0.466 e. The topological polar surface area (TPSA) is 75.7 Å². The number of ether oxygens (including phenoxy) is 1.